The van der Waals surface area contributed by atoms with Crippen molar-refractivity contribution in [3.05, 3.63) is 41.7 Å². The van der Waals surface area contributed by atoms with Gasteiger partial charge in [-0.05, 0) is 37.1 Å². The van der Waals surface area contributed by atoms with Crippen molar-refractivity contribution in [3.8, 4) is 0 Å². The second kappa shape index (κ2) is 7.07. The van der Waals surface area contributed by atoms with Crippen LogP contribution in [0.15, 0.2) is 30.5 Å². The van der Waals surface area contributed by atoms with Gasteiger partial charge in [0, 0.05) is 38.9 Å². The summed E-state index contributed by atoms with van der Waals surface area (Å²) < 4.78 is 3.00. The number of thiazole rings is 1. The van der Waals surface area contributed by atoms with E-state index in [1.165, 1.54) is 10.3 Å². The fourth-order valence-electron chi connectivity index (χ4n) is 3.34. The van der Waals surface area contributed by atoms with Crippen LogP contribution in [0.4, 0.5) is 5.13 Å². The molecule has 4 rings (SSSR count). The molecule has 3 aromatic rings. The van der Waals surface area contributed by atoms with Crippen LogP contribution < -0.4 is 4.90 Å². The lowest BCUT2D eigenvalue weighted by atomic mass is 10.2. The van der Waals surface area contributed by atoms with Gasteiger partial charge in [0.1, 0.15) is 5.69 Å². The summed E-state index contributed by atoms with van der Waals surface area (Å²) in [6.45, 7) is 7.93. The molecule has 7 heteroatoms. The van der Waals surface area contributed by atoms with Gasteiger partial charge in [-0.25, -0.2) is 4.98 Å². The van der Waals surface area contributed by atoms with E-state index in [1.807, 2.05) is 11.8 Å². The van der Waals surface area contributed by atoms with Crippen molar-refractivity contribution in [1.29, 1.82) is 0 Å². The first kappa shape index (κ1) is 17.0. The molecule has 1 amide bonds. The van der Waals surface area contributed by atoms with Gasteiger partial charge in [-0.3, -0.25) is 9.48 Å². The van der Waals surface area contributed by atoms with E-state index in [4.69, 9.17) is 4.98 Å². The number of carbonyl (C=O) groups excluding carboxylic acids is 1. The molecule has 0 radical (unpaired) electrons. The first-order valence-electron chi connectivity index (χ1n) is 9.15. The number of carbonyl (C=O) groups is 1. The molecule has 1 aliphatic rings. The summed E-state index contributed by atoms with van der Waals surface area (Å²) in [6, 6.07) is 8.30. The molecular formula is C19H23N5OS. The number of nitrogens with zero attached hydrogens (tertiary/aromatic N) is 5. The van der Waals surface area contributed by atoms with Gasteiger partial charge in [0.15, 0.2) is 5.13 Å². The Labute approximate surface area is 157 Å². The first-order valence-corrected chi connectivity index (χ1v) is 9.96. The number of hydrogen-bond acceptors (Lipinski definition) is 5. The van der Waals surface area contributed by atoms with E-state index in [0.29, 0.717) is 25.3 Å². The van der Waals surface area contributed by atoms with E-state index < -0.39 is 0 Å². The van der Waals surface area contributed by atoms with Crippen molar-refractivity contribution < 1.29 is 4.79 Å². The summed E-state index contributed by atoms with van der Waals surface area (Å²) >= 11 is 1.74. The minimum atomic E-state index is 0.0703. The maximum atomic E-state index is 12.7. The zero-order valence-electron chi connectivity index (χ0n) is 15.2. The summed E-state index contributed by atoms with van der Waals surface area (Å²) in [7, 11) is 0. The molecule has 136 valence electrons. The van der Waals surface area contributed by atoms with Crippen LogP contribution in [-0.2, 0) is 13.0 Å². The number of piperazine rings is 1. The standard InChI is InChI=1S/C19H23N5OS/c1-3-14-5-6-15-17(13-14)26-19(21-15)23-11-9-22(10-12-23)18(25)16-7-8-20-24(16)4-2/h5-8,13H,3-4,9-12H2,1-2H3. The molecule has 0 aliphatic carbocycles. The van der Waals surface area contributed by atoms with Crippen LogP contribution in [0.25, 0.3) is 10.2 Å². The molecule has 26 heavy (non-hydrogen) atoms. The second-order valence-electron chi connectivity index (χ2n) is 6.46. The van der Waals surface area contributed by atoms with Gasteiger partial charge < -0.3 is 9.80 Å². The monoisotopic (exact) mass is 369 g/mol. The Balaban J connectivity index is 1.46. The van der Waals surface area contributed by atoms with Crippen molar-refractivity contribution in [3.63, 3.8) is 0 Å². The average molecular weight is 369 g/mol. The minimum absolute atomic E-state index is 0.0703. The first-order chi connectivity index (χ1) is 12.7. The van der Waals surface area contributed by atoms with E-state index in [0.717, 1.165) is 30.2 Å². The largest absolute Gasteiger partial charge is 0.345 e. The zero-order valence-corrected chi connectivity index (χ0v) is 16.0. The highest BCUT2D eigenvalue weighted by Crippen LogP contribution is 2.30. The molecule has 1 saturated heterocycles. The minimum Gasteiger partial charge on any atom is -0.345 e. The van der Waals surface area contributed by atoms with Crippen LogP contribution in [0.5, 0.6) is 0 Å². The van der Waals surface area contributed by atoms with Gasteiger partial charge in [-0.2, -0.15) is 5.10 Å². The van der Waals surface area contributed by atoms with Gasteiger partial charge in [-0.1, -0.05) is 24.3 Å². The topological polar surface area (TPSA) is 54.3 Å². The molecule has 1 fully saturated rings. The number of anilines is 1. The molecule has 1 aromatic carbocycles. The van der Waals surface area contributed by atoms with Gasteiger partial charge >= 0.3 is 0 Å². The van der Waals surface area contributed by atoms with Crippen LogP contribution >= 0.6 is 11.3 Å². The Morgan fingerprint density at radius 1 is 1.15 bits per heavy atom. The van der Waals surface area contributed by atoms with Crippen molar-refractivity contribution in [2.75, 3.05) is 31.1 Å². The number of aromatic nitrogens is 3. The molecule has 1 aliphatic heterocycles. The van der Waals surface area contributed by atoms with Crippen LogP contribution in [0, 0.1) is 0 Å². The van der Waals surface area contributed by atoms with Gasteiger partial charge in [0.25, 0.3) is 5.91 Å². The van der Waals surface area contributed by atoms with Crippen LogP contribution in [0.3, 0.4) is 0 Å². The number of hydrogen-bond donors (Lipinski definition) is 0. The Hall–Kier alpha value is -2.41. The number of rotatable bonds is 4. The lowest BCUT2D eigenvalue weighted by molar-refractivity contribution is 0.0734. The van der Waals surface area contributed by atoms with Gasteiger partial charge in [0.2, 0.25) is 0 Å². The predicted molar refractivity (Wildman–Crippen MR) is 105 cm³/mol. The third-order valence-electron chi connectivity index (χ3n) is 4.92. The molecule has 0 N–H and O–H groups in total. The molecule has 0 unspecified atom stereocenters. The molecule has 0 atom stereocenters. The molecule has 0 bridgehead atoms. The fourth-order valence-corrected chi connectivity index (χ4v) is 4.42. The summed E-state index contributed by atoms with van der Waals surface area (Å²) in [4.78, 5) is 21.7. The van der Waals surface area contributed by atoms with E-state index in [2.05, 4.69) is 35.1 Å². The summed E-state index contributed by atoms with van der Waals surface area (Å²) in [5.41, 5.74) is 3.08. The maximum Gasteiger partial charge on any atom is 0.272 e. The van der Waals surface area contributed by atoms with E-state index >= 15 is 0 Å². The SMILES string of the molecule is CCc1ccc2nc(N3CCN(C(=O)c4ccnn4CC)CC3)sc2c1. The number of fused-ring (bicyclic) bond motifs is 1. The third-order valence-corrected chi connectivity index (χ3v) is 6.00. The average Bonchev–Trinajstić information content (AvgIpc) is 3.33. The Morgan fingerprint density at radius 3 is 2.69 bits per heavy atom. The summed E-state index contributed by atoms with van der Waals surface area (Å²) in [6.07, 6.45) is 2.73. The highest BCUT2D eigenvalue weighted by Gasteiger charge is 2.25. The highest BCUT2D eigenvalue weighted by atomic mass is 32.1. The smallest absolute Gasteiger partial charge is 0.272 e. The molecular weight excluding hydrogens is 346 g/mol. The normalized spacial score (nSPS) is 15.0. The molecule has 0 saturated carbocycles. The lowest BCUT2D eigenvalue weighted by Crippen LogP contribution is -2.49. The molecule has 2 aromatic heterocycles. The van der Waals surface area contributed by atoms with E-state index in [9.17, 15) is 4.79 Å². The maximum absolute atomic E-state index is 12.7. The molecule has 6 nitrogen and oxygen atoms in total. The highest BCUT2D eigenvalue weighted by molar-refractivity contribution is 7.22. The fraction of sp³-hybridized carbons (Fsp3) is 0.421. The van der Waals surface area contributed by atoms with Crippen molar-refractivity contribution in [1.82, 2.24) is 19.7 Å². The van der Waals surface area contributed by atoms with Crippen molar-refractivity contribution in [2.45, 2.75) is 26.8 Å². The van der Waals surface area contributed by atoms with Crippen LogP contribution in [0.1, 0.15) is 29.9 Å². The predicted octanol–water partition coefficient (Wildman–Crippen LogP) is 3.04. The Kier molecular flexibility index (Phi) is 4.63. The van der Waals surface area contributed by atoms with Crippen LogP contribution in [-0.4, -0.2) is 51.8 Å². The van der Waals surface area contributed by atoms with Crippen molar-refractivity contribution >= 4 is 32.6 Å². The lowest BCUT2D eigenvalue weighted by Gasteiger charge is -2.34. The van der Waals surface area contributed by atoms with E-state index in [-0.39, 0.29) is 5.91 Å². The van der Waals surface area contributed by atoms with Crippen molar-refractivity contribution in [2.24, 2.45) is 0 Å². The molecule has 0 spiro atoms. The summed E-state index contributed by atoms with van der Waals surface area (Å²) in [5, 5.41) is 5.26. The van der Waals surface area contributed by atoms with Gasteiger partial charge in [0.05, 0.1) is 10.2 Å². The van der Waals surface area contributed by atoms with E-state index in [1.54, 1.807) is 28.3 Å². The zero-order chi connectivity index (χ0) is 18.1. The Morgan fingerprint density at radius 2 is 1.96 bits per heavy atom. The van der Waals surface area contributed by atoms with Crippen LogP contribution in [0.2, 0.25) is 0 Å². The molecule has 3 heterocycles. The number of aryl methyl sites for hydroxylation is 2. The quantitative estimate of drug-likeness (QED) is 0.709. The third kappa shape index (κ3) is 3.07. The number of amides is 1. The number of benzene rings is 1. The second-order valence-corrected chi connectivity index (χ2v) is 7.47. The van der Waals surface area contributed by atoms with Gasteiger partial charge in [-0.15, -0.1) is 0 Å². The Bertz CT molecular complexity index is 923. The summed E-state index contributed by atoms with van der Waals surface area (Å²) in [5.74, 6) is 0.0703.